The number of alkyl halides is 3. The van der Waals surface area contributed by atoms with Gasteiger partial charge in [0.15, 0.2) is 0 Å². The first kappa shape index (κ1) is 33.2. The number of aromatic nitrogens is 3. The van der Waals surface area contributed by atoms with Gasteiger partial charge in [-0.1, -0.05) is 72.8 Å². The van der Waals surface area contributed by atoms with Crippen LogP contribution in [0, 0.1) is 0 Å². The van der Waals surface area contributed by atoms with Gasteiger partial charge in [-0.25, -0.2) is 4.79 Å². The summed E-state index contributed by atoms with van der Waals surface area (Å²) in [5.74, 6) is -1.04. The maximum atomic E-state index is 13.5. The Balaban J connectivity index is 1.53. The number of ether oxygens (including phenoxy) is 1. The molecule has 0 unspecified atom stereocenters. The molecule has 0 aliphatic heterocycles. The largest absolute Gasteiger partial charge is 0.495 e. The van der Waals surface area contributed by atoms with Crippen LogP contribution in [0.25, 0.3) is 11.1 Å². The number of halogens is 3. The molecule has 0 saturated carbocycles. The lowest BCUT2D eigenvalue weighted by Crippen LogP contribution is -2.29. The van der Waals surface area contributed by atoms with E-state index < -0.39 is 23.7 Å². The SMILES string of the molecule is COc1ccccc1NC(=O)Nc1nc(Nc2ccccc2-c2ccccc2)nc(N(CCC(=O)O)Cc2cccc(C(F)(F)F)c2)n1. The minimum Gasteiger partial charge on any atom is -0.495 e. The number of methoxy groups -OCH3 is 1. The standard InChI is InChI=1S/C34H30F3N7O4/c1-48-28-17-8-7-16-27(28)39-33(47)43-31-40-30(38-26-15-6-5-14-25(26)23-11-3-2-4-12-23)41-32(42-31)44(19-18-29(45)46)21-22-10-9-13-24(20-22)34(35,36)37/h2-17,20H,18-19,21H2,1H3,(H,45,46)(H3,38,39,40,41,42,43,47). The number of rotatable bonds is 12. The van der Waals surface area contributed by atoms with Crippen molar-refractivity contribution in [2.24, 2.45) is 0 Å². The van der Waals surface area contributed by atoms with Gasteiger partial charge in [-0.2, -0.15) is 28.1 Å². The summed E-state index contributed by atoms with van der Waals surface area (Å²) in [5, 5.41) is 17.8. The van der Waals surface area contributed by atoms with Gasteiger partial charge >= 0.3 is 18.2 Å². The third-order valence-electron chi connectivity index (χ3n) is 6.97. The van der Waals surface area contributed by atoms with Crippen molar-refractivity contribution in [3.05, 3.63) is 114 Å². The number of para-hydroxylation sites is 3. The lowest BCUT2D eigenvalue weighted by molar-refractivity contribution is -0.138. The summed E-state index contributed by atoms with van der Waals surface area (Å²) >= 11 is 0. The van der Waals surface area contributed by atoms with E-state index in [1.54, 1.807) is 30.3 Å². The summed E-state index contributed by atoms with van der Waals surface area (Å²) in [4.78, 5) is 39.3. The Morgan fingerprint density at radius 3 is 2.23 bits per heavy atom. The Morgan fingerprint density at radius 1 is 0.812 bits per heavy atom. The number of aliphatic carboxylic acids is 1. The number of benzene rings is 4. The first-order valence-electron chi connectivity index (χ1n) is 14.6. The van der Waals surface area contributed by atoms with Crippen molar-refractivity contribution in [1.29, 1.82) is 0 Å². The summed E-state index contributed by atoms with van der Waals surface area (Å²) in [6.45, 7) is -0.337. The zero-order valence-electron chi connectivity index (χ0n) is 25.5. The van der Waals surface area contributed by atoms with Crippen LogP contribution in [0.5, 0.6) is 5.75 Å². The van der Waals surface area contributed by atoms with Crippen LogP contribution >= 0.6 is 0 Å². The molecule has 0 aliphatic rings. The number of carboxylic acids is 1. The number of carboxylic acid groups (broad SMARTS) is 1. The van der Waals surface area contributed by atoms with Gasteiger partial charge in [0.1, 0.15) is 5.75 Å². The first-order valence-corrected chi connectivity index (χ1v) is 14.6. The molecule has 14 heteroatoms. The summed E-state index contributed by atoms with van der Waals surface area (Å²) < 4.78 is 45.8. The van der Waals surface area contributed by atoms with E-state index in [-0.39, 0.29) is 42.9 Å². The molecule has 0 fully saturated rings. The van der Waals surface area contributed by atoms with Crippen LogP contribution < -0.4 is 25.6 Å². The molecule has 0 atom stereocenters. The molecule has 0 spiro atoms. The van der Waals surface area contributed by atoms with Crippen LogP contribution in [0.15, 0.2) is 103 Å². The molecule has 0 aliphatic carbocycles. The van der Waals surface area contributed by atoms with Crippen molar-refractivity contribution < 1.29 is 32.6 Å². The highest BCUT2D eigenvalue weighted by Crippen LogP contribution is 2.32. The van der Waals surface area contributed by atoms with Crippen LogP contribution in [-0.2, 0) is 17.5 Å². The number of nitrogens with zero attached hydrogens (tertiary/aromatic N) is 4. The average molecular weight is 658 g/mol. The second-order valence-electron chi connectivity index (χ2n) is 10.4. The van der Waals surface area contributed by atoms with Gasteiger partial charge in [-0.05, 0) is 41.5 Å². The molecule has 0 bridgehead atoms. The average Bonchev–Trinajstić information content (AvgIpc) is 3.07. The smallest absolute Gasteiger partial charge is 0.416 e. The molecule has 11 nitrogen and oxygen atoms in total. The molecule has 4 aromatic carbocycles. The lowest BCUT2D eigenvalue weighted by atomic mass is 10.0. The van der Waals surface area contributed by atoms with Gasteiger partial charge in [-0.3, -0.25) is 10.1 Å². The van der Waals surface area contributed by atoms with E-state index in [2.05, 4.69) is 30.9 Å². The highest BCUT2D eigenvalue weighted by molar-refractivity contribution is 5.99. The highest BCUT2D eigenvalue weighted by Gasteiger charge is 2.30. The van der Waals surface area contributed by atoms with E-state index in [1.807, 2.05) is 48.5 Å². The maximum Gasteiger partial charge on any atom is 0.416 e. The Labute approximate surface area is 273 Å². The minimum atomic E-state index is -4.58. The Hall–Kier alpha value is -6.18. The highest BCUT2D eigenvalue weighted by atomic mass is 19.4. The molecule has 4 N–H and O–H groups in total. The molecule has 246 valence electrons. The fourth-order valence-corrected chi connectivity index (χ4v) is 4.75. The number of anilines is 5. The van der Waals surface area contributed by atoms with E-state index in [0.29, 0.717) is 17.1 Å². The van der Waals surface area contributed by atoms with Gasteiger partial charge in [0, 0.05) is 24.3 Å². The van der Waals surface area contributed by atoms with Crippen molar-refractivity contribution in [1.82, 2.24) is 15.0 Å². The van der Waals surface area contributed by atoms with Gasteiger partial charge in [0.25, 0.3) is 0 Å². The monoisotopic (exact) mass is 657 g/mol. The number of urea groups is 1. The van der Waals surface area contributed by atoms with Gasteiger partial charge in [0.05, 0.1) is 24.8 Å². The van der Waals surface area contributed by atoms with Gasteiger partial charge in [0.2, 0.25) is 17.8 Å². The number of carbonyl (C=O) groups is 2. The predicted molar refractivity (Wildman–Crippen MR) is 175 cm³/mol. The van der Waals surface area contributed by atoms with Crippen LogP contribution in [0.1, 0.15) is 17.5 Å². The molecule has 0 radical (unpaired) electrons. The van der Waals surface area contributed by atoms with Crippen molar-refractivity contribution in [3.63, 3.8) is 0 Å². The summed E-state index contributed by atoms with van der Waals surface area (Å²) in [5.41, 5.74) is 2.08. The van der Waals surface area contributed by atoms with Crippen molar-refractivity contribution in [2.75, 3.05) is 34.5 Å². The summed E-state index contributed by atoms with van der Waals surface area (Å²) in [7, 11) is 1.46. The van der Waals surface area contributed by atoms with Crippen LogP contribution in [-0.4, -0.2) is 45.7 Å². The quantitative estimate of drug-likeness (QED) is 0.108. The second kappa shape index (κ2) is 14.9. The Kier molecular flexibility index (Phi) is 10.3. The number of hydrogen-bond donors (Lipinski definition) is 4. The van der Waals surface area contributed by atoms with E-state index in [4.69, 9.17) is 4.74 Å². The third kappa shape index (κ3) is 8.75. The molecule has 2 amide bonds. The van der Waals surface area contributed by atoms with E-state index in [9.17, 15) is 27.9 Å². The fraction of sp³-hybridized carbons (Fsp3) is 0.147. The normalized spacial score (nSPS) is 11.0. The molecule has 0 saturated heterocycles. The van der Waals surface area contributed by atoms with Gasteiger partial charge < -0.3 is 25.4 Å². The summed E-state index contributed by atoms with van der Waals surface area (Å²) in [6, 6.07) is 27.6. The van der Waals surface area contributed by atoms with Crippen LogP contribution in [0.4, 0.5) is 47.2 Å². The summed E-state index contributed by atoms with van der Waals surface area (Å²) in [6.07, 6.45) is -4.95. The van der Waals surface area contributed by atoms with Crippen molar-refractivity contribution in [3.8, 4) is 16.9 Å². The number of nitrogens with one attached hydrogen (secondary N) is 3. The molecule has 1 heterocycles. The Bertz CT molecular complexity index is 1890. The Morgan fingerprint density at radius 2 is 1.50 bits per heavy atom. The topological polar surface area (TPSA) is 142 Å². The van der Waals surface area contributed by atoms with E-state index in [0.717, 1.165) is 23.3 Å². The molecule has 5 rings (SSSR count). The molecule has 5 aromatic rings. The zero-order chi connectivity index (χ0) is 34.1. The third-order valence-corrected chi connectivity index (χ3v) is 6.97. The minimum absolute atomic E-state index is 0.0136. The fourth-order valence-electron chi connectivity index (χ4n) is 4.75. The molecular formula is C34H30F3N7O4. The van der Waals surface area contributed by atoms with Crippen molar-refractivity contribution >= 4 is 41.2 Å². The predicted octanol–water partition coefficient (Wildman–Crippen LogP) is 7.43. The maximum absolute atomic E-state index is 13.5. The van der Waals surface area contributed by atoms with E-state index in [1.165, 1.54) is 24.1 Å². The lowest BCUT2D eigenvalue weighted by Gasteiger charge is -2.23. The van der Waals surface area contributed by atoms with Gasteiger partial charge in [-0.15, -0.1) is 0 Å². The first-order chi connectivity index (χ1) is 23.1. The van der Waals surface area contributed by atoms with Crippen molar-refractivity contribution in [2.45, 2.75) is 19.1 Å². The van der Waals surface area contributed by atoms with Crippen LogP contribution in [0.2, 0.25) is 0 Å². The van der Waals surface area contributed by atoms with E-state index >= 15 is 0 Å². The molecule has 1 aromatic heterocycles. The van der Waals surface area contributed by atoms with Crippen LogP contribution in [0.3, 0.4) is 0 Å². The zero-order valence-corrected chi connectivity index (χ0v) is 25.5. The second-order valence-corrected chi connectivity index (χ2v) is 10.4. The number of amides is 2. The molecule has 48 heavy (non-hydrogen) atoms. The molecular weight excluding hydrogens is 627 g/mol. The number of hydrogen-bond acceptors (Lipinski definition) is 8. The number of carbonyl (C=O) groups excluding carboxylic acids is 1.